The maximum Gasteiger partial charge on any atom is 0.247 e. The average molecular weight is 399 g/mol. The van der Waals surface area contributed by atoms with Crippen LogP contribution >= 0.6 is 0 Å². The lowest BCUT2D eigenvalue weighted by atomic mass is 10.0. The summed E-state index contributed by atoms with van der Waals surface area (Å²) in [5.41, 5.74) is 1.56. The second kappa shape index (κ2) is 12.0. The zero-order valence-electron chi connectivity index (χ0n) is 17.4. The monoisotopic (exact) mass is 398 g/mol. The summed E-state index contributed by atoms with van der Waals surface area (Å²) in [5, 5.41) is 3.00. The second-order valence-corrected chi connectivity index (χ2v) is 7.21. The molecule has 2 rings (SSSR count). The number of carbonyl (C=O) groups is 2. The predicted octanol–water partition coefficient (Wildman–Crippen LogP) is 5.00. The van der Waals surface area contributed by atoms with Gasteiger partial charge in [-0.2, -0.15) is 0 Å². The average Bonchev–Trinajstić information content (AvgIpc) is 2.73. The van der Waals surface area contributed by atoms with Gasteiger partial charge in [0.25, 0.3) is 0 Å². The number of nitrogens with one attached hydrogen (secondary N) is 1. The van der Waals surface area contributed by atoms with Crippen LogP contribution in [0.4, 0.5) is 4.39 Å². The van der Waals surface area contributed by atoms with Crippen molar-refractivity contribution in [2.45, 2.75) is 58.5 Å². The van der Waals surface area contributed by atoms with E-state index in [-0.39, 0.29) is 24.2 Å². The van der Waals surface area contributed by atoms with Gasteiger partial charge < -0.3 is 10.2 Å². The molecule has 0 aliphatic carbocycles. The highest BCUT2D eigenvalue weighted by Gasteiger charge is 2.30. The molecule has 5 heteroatoms. The first-order valence-electron chi connectivity index (χ1n) is 10.4. The van der Waals surface area contributed by atoms with Gasteiger partial charge in [0.05, 0.1) is 0 Å². The van der Waals surface area contributed by atoms with E-state index in [0.29, 0.717) is 19.4 Å². The fraction of sp³-hybridized carbons (Fsp3) is 0.417. The van der Waals surface area contributed by atoms with Crippen LogP contribution in [0.3, 0.4) is 0 Å². The molecule has 0 radical (unpaired) electrons. The summed E-state index contributed by atoms with van der Waals surface area (Å²) in [7, 11) is 0. The molecular weight excluding hydrogens is 367 g/mol. The maximum absolute atomic E-state index is 13.3. The number of nitrogens with zero attached hydrogens (tertiary/aromatic N) is 1. The highest BCUT2D eigenvalue weighted by Crippen LogP contribution is 2.25. The number of rotatable bonds is 11. The van der Waals surface area contributed by atoms with Crippen molar-refractivity contribution in [3.8, 4) is 0 Å². The van der Waals surface area contributed by atoms with E-state index in [4.69, 9.17) is 0 Å². The number of unbranched alkanes of at least 4 members (excludes halogenated alkanes) is 2. The van der Waals surface area contributed by atoms with Crippen molar-refractivity contribution in [3.05, 3.63) is 71.5 Å². The van der Waals surface area contributed by atoms with Gasteiger partial charge in [-0.25, -0.2) is 4.39 Å². The lowest BCUT2D eigenvalue weighted by Gasteiger charge is -2.31. The standard InChI is InChI=1S/C24H31FN2O2/c1-3-5-9-17-26-24(29)23(20-11-7-6-8-12-20)27(22(28)10-4-2)18-19-13-15-21(25)16-14-19/h6-8,11-16,23H,3-5,9-10,17-18H2,1-2H3,(H,26,29)/t23-/m0/s1. The Bertz CT molecular complexity index is 762. The molecule has 0 saturated carbocycles. The number of amides is 2. The van der Waals surface area contributed by atoms with Crippen molar-refractivity contribution in [2.75, 3.05) is 6.54 Å². The third-order valence-electron chi connectivity index (χ3n) is 4.81. The zero-order chi connectivity index (χ0) is 21.1. The first-order chi connectivity index (χ1) is 14.1. The van der Waals surface area contributed by atoms with Crippen molar-refractivity contribution in [3.63, 3.8) is 0 Å². The van der Waals surface area contributed by atoms with Crippen LogP contribution in [-0.4, -0.2) is 23.3 Å². The van der Waals surface area contributed by atoms with Crippen molar-refractivity contribution >= 4 is 11.8 Å². The van der Waals surface area contributed by atoms with Gasteiger partial charge in [0, 0.05) is 19.5 Å². The van der Waals surface area contributed by atoms with Gasteiger partial charge in [-0.1, -0.05) is 69.2 Å². The molecule has 0 fully saturated rings. The number of halogens is 1. The van der Waals surface area contributed by atoms with Crippen LogP contribution < -0.4 is 5.32 Å². The SMILES string of the molecule is CCCCCNC(=O)[C@H](c1ccccc1)N(Cc1ccc(F)cc1)C(=O)CCC. The van der Waals surface area contributed by atoms with E-state index in [2.05, 4.69) is 12.2 Å². The summed E-state index contributed by atoms with van der Waals surface area (Å²) in [4.78, 5) is 27.7. The third kappa shape index (κ3) is 7.00. The van der Waals surface area contributed by atoms with Gasteiger partial charge in [-0.3, -0.25) is 9.59 Å². The van der Waals surface area contributed by atoms with Crippen LogP contribution in [-0.2, 0) is 16.1 Å². The lowest BCUT2D eigenvalue weighted by molar-refractivity contribution is -0.141. The van der Waals surface area contributed by atoms with Gasteiger partial charge in [0.15, 0.2) is 0 Å². The Balaban J connectivity index is 2.32. The molecule has 2 aromatic carbocycles. The largest absolute Gasteiger partial charge is 0.354 e. The Hall–Kier alpha value is -2.69. The molecule has 156 valence electrons. The summed E-state index contributed by atoms with van der Waals surface area (Å²) in [6.07, 6.45) is 4.07. The Morgan fingerprint density at radius 3 is 2.28 bits per heavy atom. The van der Waals surface area contributed by atoms with E-state index in [1.54, 1.807) is 17.0 Å². The van der Waals surface area contributed by atoms with Gasteiger partial charge in [-0.15, -0.1) is 0 Å². The molecule has 0 spiro atoms. The highest BCUT2D eigenvalue weighted by molar-refractivity contribution is 5.88. The van der Waals surface area contributed by atoms with Crippen LogP contribution in [0.5, 0.6) is 0 Å². The minimum Gasteiger partial charge on any atom is -0.354 e. The summed E-state index contributed by atoms with van der Waals surface area (Å²) < 4.78 is 13.3. The van der Waals surface area contributed by atoms with Gasteiger partial charge in [0.2, 0.25) is 11.8 Å². The predicted molar refractivity (Wildman–Crippen MR) is 114 cm³/mol. The van der Waals surface area contributed by atoms with Crippen LogP contribution in [0.2, 0.25) is 0 Å². The molecule has 0 bridgehead atoms. The van der Waals surface area contributed by atoms with Gasteiger partial charge in [0.1, 0.15) is 11.9 Å². The summed E-state index contributed by atoms with van der Waals surface area (Å²) in [6, 6.07) is 14.7. The molecular formula is C24H31FN2O2. The molecule has 2 aromatic rings. The van der Waals surface area contributed by atoms with E-state index in [0.717, 1.165) is 30.4 Å². The molecule has 0 aliphatic rings. The van der Waals surface area contributed by atoms with E-state index < -0.39 is 6.04 Å². The number of benzene rings is 2. The minimum atomic E-state index is -0.720. The van der Waals surface area contributed by atoms with Gasteiger partial charge >= 0.3 is 0 Å². The summed E-state index contributed by atoms with van der Waals surface area (Å²) in [6.45, 7) is 4.89. The van der Waals surface area contributed by atoms with E-state index in [9.17, 15) is 14.0 Å². The second-order valence-electron chi connectivity index (χ2n) is 7.21. The highest BCUT2D eigenvalue weighted by atomic mass is 19.1. The fourth-order valence-electron chi connectivity index (χ4n) is 3.26. The summed E-state index contributed by atoms with van der Waals surface area (Å²) >= 11 is 0. The molecule has 0 saturated heterocycles. The topological polar surface area (TPSA) is 49.4 Å². The number of carbonyl (C=O) groups excluding carboxylic acids is 2. The summed E-state index contributed by atoms with van der Waals surface area (Å²) in [5.74, 6) is -0.596. The maximum atomic E-state index is 13.3. The smallest absolute Gasteiger partial charge is 0.247 e. The Morgan fingerprint density at radius 1 is 0.966 bits per heavy atom. The first-order valence-corrected chi connectivity index (χ1v) is 10.4. The van der Waals surface area contributed by atoms with Crippen molar-refractivity contribution < 1.29 is 14.0 Å². The molecule has 1 N–H and O–H groups in total. The molecule has 4 nitrogen and oxygen atoms in total. The van der Waals surface area contributed by atoms with Crippen LogP contribution in [0.1, 0.15) is 63.1 Å². The Morgan fingerprint density at radius 2 is 1.66 bits per heavy atom. The molecule has 0 aliphatic heterocycles. The molecule has 2 amide bonds. The van der Waals surface area contributed by atoms with Crippen molar-refractivity contribution in [2.24, 2.45) is 0 Å². The quantitative estimate of drug-likeness (QED) is 0.542. The first kappa shape index (κ1) is 22.6. The van der Waals surface area contributed by atoms with Crippen LogP contribution in [0.25, 0.3) is 0 Å². The van der Waals surface area contributed by atoms with E-state index in [1.165, 1.54) is 12.1 Å². The van der Waals surface area contributed by atoms with E-state index >= 15 is 0 Å². The number of hydrogen-bond acceptors (Lipinski definition) is 2. The lowest BCUT2D eigenvalue weighted by Crippen LogP contribution is -2.43. The Labute approximate surface area is 173 Å². The molecule has 0 heterocycles. The minimum absolute atomic E-state index is 0.0885. The van der Waals surface area contributed by atoms with Gasteiger partial charge in [-0.05, 0) is 36.1 Å². The van der Waals surface area contributed by atoms with Crippen LogP contribution in [0, 0.1) is 5.82 Å². The fourth-order valence-corrected chi connectivity index (χ4v) is 3.26. The van der Waals surface area contributed by atoms with Crippen molar-refractivity contribution in [1.29, 1.82) is 0 Å². The Kier molecular flexibility index (Phi) is 9.35. The molecule has 0 unspecified atom stereocenters. The normalized spacial score (nSPS) is 11.7. The van der Waals surface area contributed by atoms with E-state index in [1.807, 2.05) is 37.3 Å². The molecule has 0 aromatic heterocycles. The molecule has 1 atom stereocenters. The molecule has 29 heavy (non-hydrogen) atoms. The van der Waals surface area contributed by atoms with Crippen LogP contribution in [0.15, 0.2) is 54.6 Å². The number of hydrogen-bond donors (Lipinski definition) is 1. The zero-order valence-corrected chi connectivity index (χ0v) is 17.4. The third-order valence-corrected chi connectivity index (χ3v) is 4.81. The van der Waals surface area contributed by atoms with Crippen molar-refractivity contribution in [1.82, 2.24) is 10.2 Å².